The van der Waals surface area contributed by atoms with E-state index >= 15 is 0 Å². The number of thiocarbonyl (C=S) groups is 1. The second kappa shape index (κ2) is 2.75. The third-order valence-corrected chi connectivity index (χ3v) is 1.34. The van der Waals surface area contributed by atoms with Gasteiger partial charge in [-0.15, -0.1) is 0 Å². The number of carboxylic acids is 1. The predicted molar refractivity (Wildman–Crippen MR) is 43.8 cm³/mol. The van der Waals surface area contributed by atoms with Crippen molar-refractivity contribution in [3.8, 4) is 0 Å². The van der Waals surface area contributed by atoms with Crippen molar-refractivity contribution in [1.29, 1.82) is 0 Å². The Kier molecular flexibility index (Phi) is 1.95. The summed E-state index contributed by atoms with van der Waals surface area (Å²) in [4.78, 5) is 17.4. The molecule has 1 atom stereocenters. The number of carbonyl (C=O) groups is 1. The van der Waals surface area contributed by atoms with E-state index in [1.165, 1.54) is 6.21 Å². The van der Waals surface area contributed by atoms with Crippen molar-refractivity contribution >= 4 is 35.3 Å². The molecule has 0 bridgehead atoms. The third kappa shape index (κ3) is 1.58. The van der Waals surface area contributed by atoms with Gasteiger partial charge in [-0.25, -0.2) is 9.98 Å². The fourth-order valence-corrected chi connectivity index (χ4v) is 0.780. The Morgan fingerprint density at radius 3 is 2.91 bits per heavy atom. The molecule has 0 fully saturated rings. The van der Waals surface area contributed by atoms with Gasteiger partial charge in [0.1, 0.15) is 11.8 Å². The van der Waals surface area contributed by atoms with Crippen LogP contribution >= 0.6 is 12.2 Å². The van der Waals surface area contributed by atoms with Crippen molar-refractivity contribution in [1.82, 2.24) is 0 Å². The fourth-order valence-electron chi connectivity index (χ4n) is 0.614. The first-order chi connectivity index (χ1) is 5.11. The number of hydrogen-bond acceptors (Lipinski definition) is 3. The summed E-state index contributed by atoms with van der Waals surface area (Å²) in [5, 5.41) is 8.57. The number of amidine groups is 1. The second-order valence-corrected chi connectivity index (χ2v) is 2.28. The highest BCUT2D eigenvalue weighted by molar-refractivity contribution is 7.80. The van der Waals surface area contributed by atoms with Gasteiger partial charge in [0, 0.05) is 6.21 Å². The van der Waals surface area contributed by atoms with E-state index < -0.39 is 11.9 Å². The summed E-state index contributed by atoms with van der Waals surface area (Å²) >= 11 is 4.56. The summed E-state index contributed by atoms with van der Waals surface area (Å²) in [5.41, 5.74) is 5.26. The minimum atomic E-state index is -1.07. The van der Waals surface area contributed by atoms with Crippen LogP contribution < -0.4 is 5.73 Å². The molecule has 0 saturated heterocycles. The van der Waals surface area contributed by atoms with Gasteiger partial charge < -0.3 is 10.8 Å². The van der Waals surface area contributed by atoms with Gasteiger partial charge >= 0.3 is 5.97 Å². The molecule has 1 aliphatic heterocycles. The monoisotopic (exact) mass is 171 g/mol. The van der Waals surface area contributed by atoms with Gasteiger partial charge in [-0.05, 0) is 12.2 Å². The van der Waals surface area contributed by atoms with Gasteiger partial charge in [0.25, 0.3) is 0 Å². The van der Waals surface area contributed by atoms with Gasteiger partial charge in [-0.3, -0.25) is 4.79 Å². The van der Waals surface area contributed by atoms with Crippen LogP contribution in [0.2, 0.25) is 0 Å². The first kappa shape index (κ1) is 7.80. The average molecular weight is 171 g/mol. The Balaban J connectivity index is 2.88. The molecule has 0 spiro atoms. The van der Waals surface area contributed by atoms with E-state index in [1.54, 1.807) is 0 Å². The number of aliphatic carboxylic acids is 1. The Hall–Kier alpha value is -1.30. The maximum atomic E-state index is 10.4. The van der Waals surface area contributed by atoms with Crippen molar-refractivity contribution < 1.29 is 9.90 Å². The van der Waals surface area contributed by atoms with Crippen LogP contribution in [0.25, 0.3) is 0 Å². The molecule has 1 unspecified atom stereocenters. The highest BCUT2D eigenvalue weighted by Crippen LogP contribution is 2.01. The number of nitrogens with two attached hydrogens (primary N) is 1. The molecular weight excluding hydrogens is 166 g/mol. The Labute approximate surface area is 67.6 Å². The van der Waals surface area contributed by atoms with Crippen molar-refractivity contribution in [3.05, 3.63) is 0 Å². The lowest BCUT2D eigenvalue weighted by molar-refractivity contribution is -0.137. The molecule has 0 saturated carbocycles. The summed E-state index contributed by atoms with van der Waals surface area (Å²) in [6, 6.07) is 0. The lowest BCUT2D eigenvalue weighted by atomic mass is 10.1. The van der Waals surface area contributed by atoms with E-state index in [9.17, 15) is 4.79 Å². The Bertz CT molecular complexity index is 271. The molecule has 1 aliphatic rings. The standard InChI is InChI=1S/C5H5N3O2S/c6-3-2(4(9)10)1-7-5(11)8-3/h1-2H,(H,9,10)(H2,6,8,11). The number of carboxylic acid groups (broad SMARTS) is 1. The smallest absolute Gasteiger partial charge is 0.319 e. The molecule has 0 aromatic rings. The SMILES string of the molecule is NC1=NC(=S)N=CC1C(=O)O. The van der Waals surface area contributed by atoms with Crippen LogP contribution in [-0.2, 0) is 4.79 Å². The first-order valence-corrected chi connectivity index (χ1v) is 3.17. The second-order valence-electron chi connectivity index (χ2n) is 1.91. The maximum absolute atomic E-state index is 10.4. The van der Waals surface area contributed by atoms with Crippen LogP contribution in [0, 0.1) is 5.92 Å². The van der Waals surface area contributed by atoms with Crippen molar-refractivity contribution in [2.24, 2.45) is 21.6 Å². The molecule has 1 rings (SSSR count). The number of rotatable bonds is 1. The largest absolute Gasteiger partial charge is 0.480 e. The van der Waals surface area contributed by atoms with Gasteiger partial charge in [0.2, 0.25) is 5.11 Å². The van der Waals surface area contributed by atoms with E-state index in [1.807, 2.05) is 0 Å². The molecule has 0 amide bonds. The van der Waals surface area contributed by atoms with Crippen LogP contribution in [0.5, 0.6) is 0 Å². The van der Waals surface area contributed by atoms with Crippen molar-refractivity contribution in [2.45, 2.75) is 0 Å². The minimum Gasteiger partial charge on any atom is -0.480 e. The van der Waals surface area contributed by atoms with Crippen LogP contribution in [0.15, 0.2) is 9.98 Å². The molecule has 0 aliphatic carbocycles. The lowest BCUT2D eigenvalue weighted by Crippen LogP contribution is -2.34. The molecule has 58 valence electrons. The summed E-state index contributed by atoms with van der Waals surface area (Å²) in [6.45, 7) is 0. The van der Waals surface area contributed by atoms with E-state index in [0.29, 0.717) is 0 Å². The number of nitrogens with zero attached hydrogens (tertiary/aromatic N) is 2. The summed E-state index contributed by atoms with van der Waals surface area (Å²) < 4.78 is 0. The molecule has 0 aromatic heterocycles. The Morgan fingerprint density at radius 2 is 2.45 bits per heavy atom. The van der Waals surface area contributed by atoms with Crippen LogP contribution in [0.3, 0.4) is 0 Å². The highest BCUT2D eigenvalue weighted by atomic mass is 32.1. The quantitative estimate of drug-likeness (QED) is 0.516. The van der Waals surface area contributed by atoms with E-state index in [2.05, 4.69) is 22.2 Å². The van der Waals surface area contributed by atoms with E-state index in [4.69, 9.17) is 10.8 Å². The van der Waals surface area contributed by atoms with Crippen molar-refractivity contribution in [3.63, 3.8) is 0 Å². The molecule has 0 radical (unpaired) electrons. The maximum Gasteiger partial charge on any atom is 0.319 e. The lowest BCUT2D eigenvalue weighted by Gasteiger charge is -2.08. The minimum absolute atomic E-state index is 0.0162. The molecule has 11 heavy (non-hydrogen) atoms. The van der Waals surface area contributed by atoms with Gasteiger partial charge in [-0.2, -0.15) is 0 Å². The van der Waals surface area contributed by atoms with Gasteiger partial charge in [0.15, 0.2) is 0 Å². The molecule has 5 nitrogen and oxygen atoms in total. The molecule has 3 N–H and O–H groups in total. The molecule has 0 aromatic carbocycles. The summed E-state index contributed by atoms with van der Waals surface area (Å²) in [7, 11) is 0. The average Bonchev–Trinajstić information content (AvgIpc) is 1.85. The fraction of sp³-hybridized carbons (Fsp3) is 0.200. The first-order valence-electron chi connectivity index (χ1n) is 2.76. The molecule has 1 heterocycles. The highest BCUT2D eigenvalue weighted by Gasteiger charge is 2.22. The normalized spacial score (nSPS) is 23.1. The Morgan fingerprint density at radius 1 is 1.82 bits per heavy atom. The van der Waals surface area contributed by atoms with Crippen molar-refractivity contribution in [2.75, 3.05) is 0 Å². The summed E-state index contributed by atoms with van der Waals surface area (Å²) in [6.07, 6.45) is 1.17. The van der Waals surface area contributed by atoms with E-state index in [-0.39, 0.29) is 10.9 Å². The van der Waals surface area contributed by atoms with Gasteiger partial charge in [0.05, 0.1) is 0 Å². The third-order valence-electron chi connectivity index (χ3n) is 1.14. The molecular formula is C5H5N3O2S. The number of hydrogen-bond donors (Lipinski definition) is 2. The predicted octanol–water partition coefficient (Wildman–Crippen LogP) is -0.586. The summed E-state index contributed by atoms with van der Waals surface area (Å²) in [5.74, 6) is -2.02. The zero-order chi connectivity index (χ0) is 8.43. The number of aliphatic imine (C=N–C) groups is 2. The topological polar surface area (TPSA) is 88.0 Å². The van der Waals surface area contributed by atoms with Crippen LogP contribution in [0.4, 0.5) is 0 Å². The zero-order valence-electron chi connectivity index (χ0n) is 5.39. The van der Waals surface area contributed by atoms with E-state index in [0.717, 1.165) is 0 Å². The van der Waals surface area contributed by atoms with Crippen LogP contribution in [-0.4, -0.2) is 28.2 Å². The molecule has 6 heteroatoms. The van der Waals surface area contributed by atoms with Crippen LogP contribution in [0.1, 0.15) is 0 Å². The van der Waals surface area contributed by atoms with Gasteiger partial charge in [-0.1, -0.05) is 0 Å². The zero-order valence-corrected chi connectivity index (χ0v) is 6.21.